The van der Waals surface area contributed by atoms with E-state index in [-0.39, 0.29) is 18.0 Å². The second kappa shape index (κ2) is 11.6. The van der Waals surface area contributed by atoms with Gasteiger partial charge in [-0.2, -0.15) is 0 Å². The summed E-state index contributed by atoms with van der Waals surface area (Å²) in [5.74, 6) is -1.32. The summed E-state index contributed by atoms with van der Waals surface area (Å²) in [7, 11) is 0. The van der Waals surface area contributed by atoms with Gasteiger partial charge in [0.05, 0.1) is 26.2 Å². The van der Waals surface area contributed by atoms with Crippen LogP contribution < -0.4 is 21.1 Å². The van der Waals surface area contributed by atoms with E-state index in [1.54, 1.807) is 36.4 Å². The van der Waals surface area contributed by atoms with Gasteiger partial charge in [-0.25, -0.2) is 0 Å². The molecule has 0 spiro atoms. The zero-order valence-corrected chi connectivity index (χ0v) is 17.2. The summed E-state index contributed by atoms with van der Waals surface area (Å²) in [6.07, 6.45) is 1.84. The first-order valence-corrected chi connectivity index (χ1v) is 10.3. The monoisotopic (exact) mass is 423 g/mol. The molecule has 2 aromatic carbocycles. The van der Waals surface area contributed by atoms with E-state index < -0.39 is 11.8 Å². The number of hydrogen-bond acceptors (Lipinski definition) is 4. The lowest BCUT2D eigenvalue weighted by atomic mass is 10.1. The highest BCUT2D eigenvalue weighted by Crippen LogP contribution is 2.07. The topological polar surface area (TPSA) is 101 Å². The first kappa shape index (κ1) is 22.2. The van der Waals surface area contributed by atoms with Gasteiger partial charge in [-0.15, -0.1) is 0 Å². The van der Waals surface area contributed by atoms with Crippen molar-refractivity contribution in [3.63, 3.8) is 0 Å². The number of carbonyl (C=O) groups excluding carboxylic acids is 3. The van der Waals surface area contributed by atoms with Crippen molar-refractivity contribution in [1.82, 2.24) is 16.2 Å². The van der Waals surface area contributed by atoms with Crippen LogP contribution in [-0.4, -0.2) is 50.6 Å². The smallest absolute Gasteiger partial charge is 0.286 e. The quantitative estimate of drug-likeness (QED) is 0.369. The molecule has 1 heterocycles. The zero-order valence-electron chi connectivity index (χ0n) is 17.2. The van der Waals surface area contributed by atoms with Crippen LogP contribution in [0.2, 0.25) is 0 Å². The van der Waals surface area contributed by atoms with Gasteiger partial charge in [0.15, 0.2) is 0 Å². The number of rotatable bonds is 7. The Kier molecular flexibility index (Phi) is 8.33. The number of quaternary nitrogens is 1. The summed E-state index contributed by atoms with van der Waals surface area (Å²) < 4.78 is 5.31. The molecule has 2 aromatic rings. The minimum absolute atomic E-state index is 0.0270. The van der Waals surface area contributed by atoms with Gasteiger partial charge >= 0.3 is 0 Å². The van der Waals surface area contributed by atoms with Gasteiger partial charge < -0.3 is 15.0 Å². The summed E-state index contributed by atoms with van der Waals surface area (Å²) in [4.78, 5) is 38.7. The van der Waals surface area contributed by atoms with Gasteiger partial charge in [-0.05, 0) is 23.8 Å². The van der Waals surface area contributed by atoms with Gasteiger partial charge in [-0.3, -0.25) is 25.2 Å². The number of carbonyl (C=O) groups is 3. The van der Waals surface area contributed by atoms with E-state index in [1.807, 2.05) is 30.3 Å². The molecule has 0 saturated carbocycles. The molecule has 1 fully saturated rings. The first-order valence-electron chi connectivity index (χ1n) is 10.3. The molecule has 1 aliphatic rings. The third-order valence-electron chi connectivity index (χ3n) is 4.86. The average Bonchev–Trinajstić information content (AvgIpc) is 2.82. The number of hydrogen-bond donors (Lipinski definition) is 4. The molecule has 0 radical (unpaired) electrons. The van der Waals surface area contributed by atoms with E-state index >= 15 is 0 Å². The summed E-state index contributed by atoms with van der Waals surface area (Å²) in [5, 5.41) is 2.63. The minimum atomic E-state index is -0.611. The lowest BCUT2D eigenvalue weighted by Gasteiger charge is -2.23. The molecule has 162 valence electrons. The van der Waals surface area contributed by atoms with Crippen molar-refractivity contribution in [3.05, 3.63) is 77.5 Å². The Morgan fingerprint density at radius 3 is 2.23 bits per heavy atom. The van der Waals surface area contributed by atoms with E-state index in [9.17, 15) is 14.4 Å². The molecule has 0 atom stereocenters. The summed E-state index contributed by atoms with van der Waals surface area (Å²) in [6, 6.07) is 17.7. The molecule has 8 nitrogen and oxygen atoms in total. The van der Waals surface area contributed by atoms with Crippen molar-refractivity contribution in [2.45, 2.75) is 6.42 Å². The van der Waals surface area contributed by atoms with Crippen LogP contribution in [0.15, 0.2) is 66.4 Å². The number of amides is 3. The normalized spacial score (nSPS) is 14.5. The molecule has 31 heavy (non-hydrogen) atoms. The Morgan fingerprint density at radius 1 is 0.903 bits per heavy atom. The van der Waals surface area contributed by atoms with Crippen LogP contribution in [-0.2, 0) is 14.3 Å². The highest BCUT2D eigenvalue weighted by molar-refractivity contribution is 6.05. The van der Waals surface area contributed by atoms with Gasteiger partial charge in [-0.1, -0.05) is 48.5 Å². The van der Waals surface area contributed by atoms with Gasteiger partial charge in [0.1, 0.15) is 18.8 Å². The van der Waals surface area contributed by atoms with Gasteiger partial charge in [0.25, 0.3) is 11.8 Å². The third kappa shape index (κ3) is 7.36. The predicted octanol–water partition coefficient (Wildman–Crippen LogP) is -0.0899. The van der Waals surface area contributed by atoms with Crippen LogP contribution in [0.1, 0.15) is 22.3 Å². The molecule has 0 aromatic heterocycles. The van der Waals surface area contributed by atoms with Crippen LogP contribution in [0.5, 0.6) is 0 Å². The van der Waals surface area contributed by atoms with Crippen molar-refractivity contribution < 1.29 is 24.0 Å². The largest absolute Gasteiger partial charge is 0.370 e. The second-order valence-electron chi connectivity index (χ2n) is 7.15. The molecule has 3 amide bonds. The summed E-state index contributed by atoms with van der Waals surface area (Å²) >= 11 is 0. The maximum Gasteiger partial charge on any atom is 0.286 e. The maximum absolute atomic E-state index is 12.7. The first-order chi connectivity index (χ1) is 15.1. The molecule has 4 N–H and O–H groups in total. The van der Waals surface area contributed by atoms with Crippen molar-refractivity contribution in [2.75, 3.05) is 32.8 Å². The lowest BCUT2D eigenvalue weighted by molar-refractivity contribution is -0.907. The van der Waals surface area contributed by atoms with Crippen LogP contribution >= 0.6 is 0 Å². The number of ether oxygens (including phenoxy) is 1. The molecule has 8 heteroatoms. The van der Waals surface area contributed by atoms with Crippen LogP contribution in [0.3, 0.4) is 0 Å². The van der Waals surface area contributed by atoms with E-state index in [4.69, 9.17) is 4.74 Å². The van der Waals surface area contributed by atoms with Crippen molar-refractivity contribution in [1.29, 1.82) is 0 Å². The highest BCUT2D eigenvalue weighted by Gasteiger charge is 2.17. The third-order valence-corrected chi connectivity index (χ3v) is 4.86. The molecule has 0 unspecified atom stereocenters. The van der Waals surface area contributed by atoms with Crippen molar-refractivity contribution in [2.24, 2.45) is 0 Å². The average molecular weight is 423 g/mol. The maximum atomic E-state index is 12.7. The standard InChI is InChI=1S/C23H26N4O4/c28-21(11-12-27-13-15-31-16-14-27)25-26-23(30)20(17-18-7-3-1-4-8-18)24-22(29)19-9-5-2-6-10-19/h1-10,17H,11-16H2,(H,24,29)(H,25,28)(H,26,30)/p+1/b20-17-. The van der Waals surface area contributed by atoms with E-state index in [1.165, 1.54) is 4.90 Å². The van der Waals surface area contributed by atoms with E-state index in [0.717, 1.165) is 18.7 Å². The Bertz CT molecular complexity index is 910. The number of benzene rings is 2. The Labute approximate surface area is 181 Å². The number of morpholine rings is 1. The Hall–Kier alpha value is -3.49. The summed E-state index contributed by atoms with van der Waals surface area (Å²) in [6.45, 7) is 3.80. The molecular formula is C23H27N4O4+. The SMILES string of the molecule is O=C(CC[NH+]1CCOCC1)NNC(=O)/C(=C/c1ccccc1)NC(=O)c1ccccc1. The zero-order chi connectivity index (χ0) is 21.9. The molecule has 0 bridgehead atoms. The number of nitrogens with one attached hydrogen (secondary N) is 4. The molecule has 0 aliphatic carbocycles. The molecular weight excluding hydrogens is 396 g/mol. The van der Waals surface area contributed by atoms with E-state index in [2.05, 4.69) is 16.2 Å². The van der Waals surface area contributed by atoms with Crippen LogP contribution in [0, 0.1) is 0 Å². The fourth-order valence-electron chi connectivity index (χ4n) is 3.12. The molecule has 3 rings (SSSR count). The molecule has 1 aliphatic heterocycles. The fraction of sp³-hybridized carbons (Fsp3) is 0.261. The highest BCUT2D eigenvalue weighted by atomic mass is 16.5. The summed E-state index contributed by atoms with van der Waals surface area (Å²) in [5.41, 5.74) is 6.01. The van der Waals surface area contributed by atoms with Gasteiger partial charge in [0.2, 0.25) is 5.91 Å². The fourth-order valence-corrected chi connectivity index (χ4v) is 3.12. The number of hydrazine groups is 1. The van der Waals surface area contributed by atoms with Crippen LogP contribution in [0.25, 0.3) is 6.08 Å². The Balaban J connectivity index is 1.59. The second-order valence-corrected chi connectivity index (χ2v) is 7.15. The van der Waals surface area contributed by atoms with E-state index in [0.29, 0.717) is 25.3 Å². The van der Waals surface area contributed by atoms with Crippen molar-refractivity contribution >= 4 is 23.8 Å². The van der Waals surface area contributed by atoms with Gasteiger partial charge in [0, 0.05) is 5.56 Å². The Morgan fingerprint density at radius 2 is 1.55 bits per heavy atom. The predicted molar refractivity (Wildman–Crippen MR) is 116 cm³/mol. The molecule has 1 saturated heterocycles. The lowest BCUT2D eigenvalue weighted by Crippen LogP contribution is -3.14. The van der Waals surface area contributed by atoms with Crippen LogP contribution in [0.4, 0.5) is 0 Å². The minimum Gasteiger partial charge on any atom is -0.370 e. The van der Waals surface area contributed by atoms with Crippen molar-refractivity contribution in [3.8, 4) is 0 Å².